The molecule has 0 saturated heterocycles. The van der Waals surface area contributed by atoms with E-state index in [1.807, 2.05) is 58.0 Å². The van der Waals surface area contributed by atoms with Gasteiger partial charge in [0.05, 0.1) is 24.7 Å². The van der Waals surface area contributed by atoms with Crippen molar-refractivity contribution in [2.75, 3.05) is 53.0 Å². The molecule has 1 atom stereocenters. The van der Waals surface area contributed by atoms with Crippen LogP contribution < -0.4 is 20.7 Å². The number of hydrogen-bond acceptors (Lipinski definition) is 8. The fourth-order valence-corrected chi connectivity index (χ4v) is 7.12. The summed E-state index contributed by atoms with van der Waals surface area (Å²) < 4.78 is 40.1. The van der Waals surface area contributed by atoms with Crippen LogP contribution in [0.4, 0.5) is 0 Å². The van der Waals surface area contributed by atoms with Gasteiger partial charge in [0.25, 0.3) is 0 Å². The number of fused-ring (bicyclic) bond motifs is 1. The second-order valence-electron chi connectivity index (χ2n) is 12.8. The fourth-order valence-electron chi connectivity index (χ4n) is 5.24. The average molecular weight is 647 g/mol. The molecule has 2 amide bonds. The molecule has 0 fully saturated rings. The summed E-state index contributed by atoms with van der Waals surface area (Å²) >= 11 is 0. The normalized spacial score (nSPS) is 14.6. The van der Waals surface area contributed by atoms with Crippen LogP contribution in [0.1, 0.15) is 51.7 Å². The zero-order valence-corrected chi connectivity index (χ0v) is 28.0. The molecular formula is C33H50N4O7S. The lowest BCUT2D eigenvalue weighted by atomic mass is 9.88. The maximum absolute atomic E-state index is 14.2. The molecule has 3 rings (SSSR count). The molecule has 1 heterocycles. The summed E-state index contributed by atoms with van der Waals surface area (Å²) in [6.45, 7) is 9.73. The van der Waals surface area contributed by atoms with Gasteiger partial charge in [-0.25, -0.2) is 8.42 Å². The summed E-state index contributed by atoms with van der Waals surface area (Å²) in [4.78, 5) is 25.2. The maximum Gasteiger partial charge on any atom is 0.245 e. The summed E-state index contributed by atoms with van der Waals surface area (Å²) in [6, 6.07) is 14.1. The number of aliphatic hydroxyl groups is 1. The second-order valence-corrected chi connectivity index (χ2v) is 14.7. The van der Waals surface area contributed by atoms with Crippen LogP contribution in [0.5, 0.6) is 5.75 Å². The molecule has 45 heavy (non-hydrogen) atoms. The van der Waals surface area contributed by atoms with Gasteiger partial charge < -0.3 is 30.5 Å². The number of benzene rings is 2. The minimum absolute atomic E-state index is 0.0298. The third-order valence-electron chi connectivity index (χ3n) is 7.59. The summed E-state index contributed by atoms with van der Waals surface area (Å²) in [5, 5.41) is 21.0. The monoisotopic (exact) mass is 646 g/mol. The molecule has 1 aliphatic heterocycles. The number of ether oxygens (including phenoxy) is 2. The first-order valence-corrected chi connectivity index (χ1v) is 17.0. The number of methoxy groups -OCH3 is 1. The third-order valence-corrected chi connectivity index (χ3v) is 9.51. The Morgan fingerprint density at radius 2 is 1.80 bits per heavy atom. The highest BCUT2D eigenvalue weighted by Gasteiger charge is 2.43. The Balaban J connectivity index is 1.73. The van der Waals surface area contributed by atoms with E-state index in [-0.39, 0.29) is 61.5 Å². The highest BCUT2D eigenvalue weighted by molar-refractivity contribution is 7.89. The molecule has 0 radical (unpaired) electrons. The molecule has 4 N–H and O–H groups in total. The van der Waals surface area contributed by atoms with Gasteiger partial charge in [-0.05, 0) is 40.7 Å². The Morgan fingerprint density at radius 3 is 2.49 bits per heavy atom. The van der Waals surface area contributed by atoms with Gasteiger partial charge >= 0.3 is 0 Å². The average Bonchev–Trinajstić information content (AvgIpc) is 3.45. The Labute approximate surface area is 268 Å². The Morgan fingerprint density at radius 1 is 1.07 bits per heavy atom. The van der Waals surface area contributed by atoms with Gasteiger partial charge in [0, 0.05) is 59.0 Å². The first kappa shape index (κ1) is 36.4. The van der Waals surface area contributed by atoms with Crippen molar-refractivity contribution in [2.45, 2.75) is 64.0 Å². The van der Waals surface area contributed by atoms with E-state index in [1.54, 1.807) is 19.2 Å². The van der Waals surface area contributed by atoms with Crippen LogP contribution in [0.2, 0.25) is 0 Å². The Bertz CT molecular complexity index is 1370. The highest BCUT2D eigenvalue weighted by atomic mass is 32.2. The van der Waals surface area contributed by atoms with Gasteiger partial charge in [-0.2, -0.15) is 4.31 Å². The smallest absolute Gasteiger partial charge is 0.245 e. The van der Waals surface area contributed by atoms with Crippen molar-refractivity contribution in [2.24, 2.45) is 11.3 Å². The lowest BCUT2D eigenvalue weighted by Crippen LogP contribution is -2.56. The number of carbonyl (C=O) groups is 2. The Kier molecular flexibility index (Phi) is 13.4. The van der Waals surface area contributed by atoms with Gasteiger partial charge in [-0.15, -0.1) is 0 Å². The van der Waals surface area contributed by atoms with E-state index < -0.39 is 21.2 Å². The molecule has 12 heteroatoms. The molecule has 0 aliphatic carbocycles. The van der Waals surface area contributed by atoms with E-state index in [2.05, 4.69) is 16.0 Å². The number of hydrogen-bond donors (Lipinski definition) is 4. The van der Waals surface area contributed by atoms with Crippen LogP contribution in [0.25, 0.3) is 0 Å². The minimum atomic E-state index is -4.14. The van der Waals surface area contributed by atoms with Crippen LogP contribution in [0.3, 0.4) is 0 Å². The van der Waals surface area contributed by atoms with Gasteiger partial charge in [0.15, 0.2) is 0 Å². The van der Waals surface area contributed by atoms with Gasteiger partial charge in [0.2, 0.25) is 21.8 Å². The van der Waals surface area contributed by atoms with Crippen molar-refractivity contribution in [3.05, 3.63) is 59.7 Å². The van der Waals surface area contributed by atoms with Crippen LogP contribution in [-0.2, 0) is 37.2 Å². The second kappa shape index (κ2) is 16.5. The van der Waals surface area contributed by atoms with E-state index in [4.69, 9.17) is 9.47 Å². The molecule has 0 bridgehead atoms. The molecule has 0 saturated carbocycles. The van der Waals surface area contributed by atoms with E-state index in [9.17, 15) is 23.1 Å². The number of nitrogens with zero attached hydrogens (tertiary/aromatic N) is 1. The fraction of sp³-hybridized carbons (Fsp3) is 0.576. The zero-order chi connectivity index (χ0) is 33.1. The van der Waals surface area contributed by atoms with E-state index >= 15 is 0 Å². The predicted octanol–water partition coefficient (Wildman–Crippen LogP) is 2.47. The molecule has 2 aromatic rings. The molecular weight excluding hydrogens is 596 g/mol. The number of nitrogens with one attached hydrogen (secondary N) is 3. The summed E-state index contributed by atoms with van der Waals surface area (Å²) in [5.41, 5.74) is -0.768. The standard InChI is InChI=1S/C33H50N4O7S/c1-25(2)23-37(45(41,42)28-11-12-29-27(19-28)13-17-44-29)33(40,20-26-9-7-6-8-10-26)14-15-35-30(38)21-32(3,4)24-36-31(39)22-34-16-18-43-5/h6-12,19,25,34,40H,13-18,20-24H2,1-5H3,(H,35,38)(H,36,39). The molecule has 250 valence electrons. The van der Waals surface area contributed by atoms with Crippen LogP contribution >= 0.6 is 0 Å². The van der Waals surface area contributed by atoms with Crippen LogP contribution in [0.15, 0.2) is 53.4 Å². The highest BCUT2D eigenvalue weighted by Crippen LogP contribution is 2.33. The lowest BCUT2D eigenvalue weighted by molar-refractivity contribution is -0.125. The van der Waals surface area contributed by atoms with Crippen LogP contribution in [-0.4, -0.2) is 88.4 Å². The lowest BCUT2D eigenvalue weighted by Gasteiger charge is -2.40. The summed E-state index contributed by atoms with van der Waals surface area (Å²) in [7, 11) is -2.55. The number of amides is 2. The van der Waals surface area contributed by atoms with Crippen molar-refractivity contribution in [3.63, 3.8) is 0 Å². The summed E-state index contributed by atoms with van der Waals surface area (Å²) in [5.74, 6) is 0.160. The van der Waals surface area contributed by atoms with Crippen molar-refractivity contribution in [3.8, 4) is 5.75 Å². The minimum Gasteiger partial charge on any atom is -0.493 e. The molecule has 1 aliphatic rings. The van der Waals surface area contributed by atoms with Crippen molar-refractivity contribution < 1.29 is 32.6 Å². The largest absolute Gasteiger partial charge is 0.493 e. The molecule has 0 spiro atoms. The molecule has 11 nitrogen and oxygen atoms in total. The van der Waals surface area contributed by atoms with E-state index in [0.29, 0.717) is 38.5 Å². The Hall–Kier alpha value is -3.03. The number of rotatable bonds is 19. The van der Waals surface area contributed by atoms with Crippen molar-refractivity contribution >= 4 is 21.8 Å². The first-order valence-electron chi connectivity index (χ1n) is 15.5. The van der Waals surface area contributed by atoms with Crippen LogP contribution in [0, 0.1) is 11.3 Å². The number of sulfonamides is 1. The van der Waals surface area contributed by atoms with Gasteiger partial charge in [0.1, 0.15) is 11.5 Å². The quantitative estimate of drug-likeness (QED) is 0.135. The predicted molar refractivity (Wildman–Crippen MR) is 173 cm³/mol. The number of carbonyl (C=O) groups excluding carboxylic acids is 2. The molecule has 1 unspecified atom stereocenters. The SMILES string of the molecule is COCCNCC(=O)NCC(C)(C)CC(=O)NCCC(O)(Cc1ccccc1)N(CC(C)C)S(=O)(=O)c1ccc2c(c1)CCO2. The third kappa shape index (κ3) is 11.1. The first-order chi connectivity index (χ1) is 21.3. The molecule has 0 aromatic heterocycles. The van der Waals surface area contributed by atoms with E-state index in [0.717, 1.165) is 11.1 Å². The van der Waals surface area contributed by atoms with Gasteiger partial charge in [-0.3, -0.25) is 9.59 Å². The van der Waals surface area contributed by atoms with E-state index in [1.165, 1.54) is 10.4 Å². The maximum atomic E-state index is 14.2. The topological polar surface area (TPSA) is 146 Å². The zero-order valence-electron chi connectivity index (χ0n) is 27.2. The summed E-state index contributed by atoms with van der Waals surface area (Å²) in [6.07, 6.45) is 0.763. The molecule has 2 aromatic carbocycles. The van der Waals surface area contributed by atoms with Crippen molar-refractivity contribution in [1.82, 2.24) is 20.3 Å². The van der Waals surface area contributed by atoms with Crippen molar-refractivity contribution in [1.29, 1.82) is 0 Å². The van der Waals surface area contributed by atoms with Gasteiger partial charge in [-0.1, -0.05) is 58.0 Å².